The molecule has 0 aliphatic heterocycles. The highest BCUT2D eigenvalue weighted by molar-refractivity contribution is 6.31. The van der Waals surface area contributed by atoms with Crippen LogP contribution < -0.4 is 5.32 Å². The van der Waals surface area contributed by atoms with E-state index in [9.17, 15) is 14.9 Å². The molecule has 0 spiro atoms. The summed E-state index contributed by atoms with van der Waals surface area (Å²) < 4.78 is 0. The number of carbonyl (C=O) groups excluding carboxylic acids is 1. The normalized spacial score (nSPS) is 11.2. The molecule has 0 fully saturated rings. The number of carbonyl (C=O) groups is 1. The molecule has 104 valence electrons. The zero-order valence-electron chi connectivity index (χ0n) is 10.1. The third-order valence-electron chi connectivity index (χ3n) is 2.47. The van der Waals surface area contributed by atoms with E-state index in [1.807, 2.05) is 0 Å². The second kappa shape index (κ2) is 5.96. The lowest BCUT2D eigenvalue weighted by Crippen LogP contribution is -2.51. The predicted octanol–water partition coefficient (Wildman–Crippen LogP) is 0.721. The molecule has 1 aromatic carbocycles. The minimum atomic E-state index is -1.21. The summed E-state index contributed by atoms with van der Waals surface area (Å²) in [5, 5.41) is 31.2. The van der Waals surface area contributed by atoms with Gasteiger partial charge in [0.15, 0.2) is 0 Å². The fourth-order valence-corrected chi connectivity index (χ4v) is 1.52. The van der Waals surface area contributed by atoms with Gasteiger partial charge in [-0.1, -0.05) is 11.6 Å². The highest BCUT2D eigenvalue weighted by Crippen LogP contribution is 2.21. The van der Waals surface area contributed by atoms with E-state index in [0.717, 1.165) is 12.1 Å². The monoisotopic (exact) mass is 288 g/mol. The summed E-state index contributed by atoms with van der Waals surface area (Å²) in [5.74, 6) is -0.670. The lowest BCUT2D eigenvalue weighted by Gasteiger charge is -2.26. The smallest absolute Gasteiger partial charge is 0.271 e. The van der Waals surface area contributed by atoms with Gasteiger partial charge < -0.3 is 15.5 Å². The lowest BCUT2D eigenvalue weighted by molar-refractivity contribution is -0.384. The van der Waals surface area contributed by atoms with Crippen molar-refractivity contribution in [3.63, 3.8) is 0 Å². The second-order valence-corrected chi connectivity index (χ2v) is 4.72. The molecule has 19 heavy (non-hydrogen) atoms. The zero-order chi connectivity index (χ0) is 14.6. The molecule has 0 radical (unpaired) electrons. The summed E-state index contributed by atoms with van der Waals surface area (Å²) in [5.41, 5.74) is -1.55. The summed E-state index contributed by atoms with van der Waals surface area (Å²) in [6.07, 6.45) is 0. The topological polar surface area (TPSA) is 113 Å². The molecule has 0 saturated carbocycles. The summed E-state index contributed by atoms with van der Waals surface area (Å²) in [6.45, 7) is 0.486. The van der Waals surface area contributed by atoms with Crippen LogP contribution in [0.25, 0.3) is 0 Å². The van der Waals surface area contributed by atoms with Crippen LogP contribution in [-0.4, -0.2) is 39.8 Å². The Hall–Kier alpha value is -1.70. The van der Waals surface area contributed by atoms with Gasteiger partial charge in [0.2, 0.25) is 0 Å². The van der Waals surface area contributed by atoms with Crippen molar-refractivity contribution in [3.05, 3.63) is 38.9 Å². The van der Waals surface area contributed by atoms with E-state index in [1.54, 1.807) is 0 Å². The summed E-state index contributed by atoms with van der Waals surface area (Å²) in [6, 6.07) is 3.45. The van der Waals surface area contributed by atoms with Crippen LogP contribution in [0.15, 0.2) is 18.2 Å². The number of hydrogen-bond acceptors (Lipinski definition) is 5. The maximum Gasteiger partial charge on any atom is 0.271 e. The van der Waals surface area contributed by atoms with E-state index in [1.165, 1.54) is 13.0 Å². The maximum atomic E-state index is 11.9. The first-order chi connectivity index (χ1) is 8.81. The Morgan fingerprint density at radius 1 is 1.42 bits per heavy atom. The van der Waals surface area contributed by atoms with Crippen LogP contribution in [0, 0.1) is 10.1 Å². The maximum absolute atomic E-state index is 11.9. The molecule has 0 aliphatic rings. The first-order valence-corrected chi connectivity index (χ1v) is 5.68. The number of nitro groups is 1. The van der Waals surface area contributed by atoms with Crippen LogP contribution in [0.3, 0.4) is 0 Å². The Morgan fingerprint density at radius 2 is 2.00 bits per heavy atom. The first kappa shape index (κ1) is 15.4. The fourth-order valence-electron chi connectivity index (χ4n) is 1.29. The highest BCUT2D eigenvalue weighted by Gasteiger charge is 2.26. The average molecular weight is 289 g/mol. The summed E-state index contributed by atoms with van der Waals surface area (Å²) in [4.78, 5) is 21.9. The third kappa shape index (κ3) is 3.88. The van der Waals surface area contributed by atoms with Gasteiger partial charge in [0.25, 0.3) is 11.6 Å². The van der Waals surface area contributed by atoms with Crippen molar-refractivity contribution in [2.45, 2.75) is 12.5 Å². The third-order valence-corrected chi connectivity index (χ3v) is 2.69. The van der Waals surface area contributed by atoms with Gasteiger partial charge in [-0.25, -0.2) is 0 Å². The van der Waals surface area contributed by atoms with E-state index in [-0.39, 0.29) is 16.3 Å². The van der Waals surface area contributed by atoms with Crippen LogP contribution >= 0.6 is 11.6 Å². The van der Waals surface area contributed by atoms with Crippen LogP contribution in [-0.2, 0) is 0 Å². The van der Waals surface area contributed by atoms with E-state index in [4.69, 9.17) is 21.8 Å². The van der Waals surface area contributed by atoms with Crippen molar-refractivity contribution in [2.24, 2.45) is 0 Å². The molecule has 0 atom stereocenters. The van der Waals surface area contributed by atoms with Crippen molar-refractivity contribution in [2.75, 3.05) is 13.2 Å². The second-order valence-electron chi connectivity index (χ2n) is 4.29. The van der Waals surface area contributed by atoms with Crippen LogP contribution in [0.2, 0.25) is 5.02 Å². The number of rotatable bonds is 5. The van der Waals surface area contributed by atoms with Gasteiger partial charge in [0.1, 0.15) is 0 Å². The minimum absolute atomic E-state index is 0.0210. The predicted molar refractivity (Wildman–Crippen MR) is 68.1 cm³/mol. The first-order valence-electron chi connectivity index (χ1n) is 5.30. The van der Waals surface area contributed by atoms with E-state index >= 15 is 0 Å². The van der Waals surface area contributed by atoms with Crippen molar-refractivity contribution < 1.29 is 19.9 Å². The molecule has 1 aromatic rings. The number of nitro benzene ring substituents is 1. The number of hydrogen-bond donors (Lipinski definition) is 3. The number of benzene rings is 1. The fraction of sp³-hybridized carbons (Fsp3) is 0.364. The van der Waals surface area contributed by atoms with Gasteiger partial charge >= 0.3 is 0 Å². The van der Waals surface area contributed by atoms with Crippen LogP contribution in [0.1, 0.15) is 17.3 Å². The molecular weight excluding hydrogens is 276 g/mol. The van der Waals surface area contributed by atoms with Gasteiger partial charge in [0.05, 0.1) is 23.7 Å². The molecule has 1 amide bonds. The Labute approximate surface area is 114 Å². The number of aliphatic hydroxyl groups excluding tert-OH is 2. The van der Waals surface area contributed by atoms with E-state index < -0.39 is 29.6 Å². The molecule has 8 heteroatoms. The number of halogens is 1. The highest BCUT2D eigenvalue weighted by atomic mass is 35.5. The van der Waals surface area contributed by atoms with E-state index in [2.05, 4.69) is 5.32 Å². The van der Waals surface area contributed by atoms with Crippen molar-refractivity contribution in [1.29, 1.82) is 0 Å². The number of aliphatic hydroxyl groups is 2. The summed E-state index contributed by atoms with van der Waals surface area (Å²) in [7, 11) is 0. The van der Waals surface area contributed by atoms with E-state index in [0.29, 0.717) is 0 Å². The largest absolute Gasteiger partial charge is 0.394 e. The average Bonchev–Trinajstić information content (AvgIpc) is 2.37. The molecule has 0 heterocycles. The SMILES string of the molecule is CC(CO)(CO)NC(=O)c1cc(Cl)cc([N+](=O)[O-])c1. The molecule has 0 bridgehead atoms. The number of nitrogens with one attached hydrogen (secondary N) is 1. The number of non-ortho nitro benzene ring substituents is 1. The quantitative estimate of drug-likeness (QED) is 0.546. The Kier molecular flexibility index (Phi) is 4.82. The Bertz CT molecular complexity index is 502. The molecular formula is C11H13ClN2O5. The van der Waals surface area contributed by atoms with Gasteiger partial charge in [0, 0.05) is 22.7 Å². The number of amides is 1. The van der Waals surface area contributed by atoms with Crippen molar-refractivity contribution in [3.8, 4) is 0 Å². The van der Waals surface area contributed by atoms with Gasteiger partial charge in [-0.15, -0.1) is 0 Å². The minimum Gasteiger partial charge on any atom is -0.394 e. The van der Waals surface area contributed by atoms with Crippen LogP contribution in [0.4, 0.5) is 5.69 Å². The van der Waals surface area contributed by atoms with Crippen molar-refractivity contribution >= 4 is 23.2 Å². The van der Waals surface area contributed by atoms with Crippen LogP contribution in [0.5, 0.6) is 0 Å². The lowest BCUT2D eigenvalue weighted by atomic mass is 10.0. The standard InChI is InChI=1S/C11H13ClN2O5/c1-11(5-15,6-16)13-10(17)7-2-8(12)4-9(3-7)14(18)19/h2-4,15-16H,5-6H2,1H3,(H,13,17). The molecule has 0 aliphatic carbocycles. The zero-order valence-corrected chi connectivity index (χ0v) is 10.8. The van der Waals surface area contributed by atoms with Crippen molar-refractivity contribution in [1.82, 2.24) is 5.32 Å². The van der Waals surface area contributed by atoms with Gasteiger partial charge in [-0.3, -0.25) is 14.9 Å². The van der Waals surface area contributed by atoms with Gasteiger partial charge in [-0.2, -0.15) is 0 Å². The number of nitrogens with zero attached hydrogens (tertiary/aromatic N) is 1. The molecule has 3 N–H and O–H groups in total. The van der Waals surface area contributed by atoms with Gasteiger partial charge in [-0.05, 0) is 13.0 Å². The molecule has 0 unspecified atom stereocenters. The summed E-state index contributed by atoms with van der Waals surface area (Å²) >= 11 is 5.69. The molecule has 1 rings (SSSR count). The molecule has 7 nitrogen and oxygen atoms in total. The Balaban J connectivity index is 3.03. The molecule has 0 aromatic heterocycles. The Morgan fingerprint density at radius 3 is 2.47 bits per heavy atom. The molecule has 0 saturated heterocycles.